The Morgan fingerprint density at radius 2 is 2.21 bits per heavy atom. The molecule has 4 N–H and O–H groups in total. The van der Waals surface area contributed by atoms with Crippen LogP contribution in [0.2, 0.25) is 0 Å². The minimum Gasteiger partial charge on any atom is -0.391 e. The van der Waals surface area contributed by atoms with Gasteiger partial charge in [-0.1, -0.05) is 0 Å². The van der Waals surface area contributed by atoms with Crippen molar-refractivity contribution in [3.05, 3.63) is 0 Å². The van der Waals surface area contributed by atoms with Gasteiger partial charge in [0.1, 0.15) is 12.1 Å². The minimum absolute atomic E-state index is 0.0174. The number of aliphatic hydroxyl groups is 1. The van der Waals surface area contributed by atoms with Crippen LogP contribution in [0.4, 0.5) is 0 Å². The molecule has 3 atom stereocenters. The number of amides is 3. The molecule has 1 fully saturated rings. The lowest BCUT2D eigenvalue weighted by Gasteiger charge is -2.23. The summed E-state index contributed by atoms with van der Waals surface area (Å²) in [5, 5.41) is 11.9. The lowest BCUT2D eigenvalue weighted by atomic mass is 10.1. The van der Waals surface area contributed by atoms with Crippen molar-refractivity contribution in [1.29, 1.82) is 0 Å². The van der Waals surface area contributed by atoms with Crippen LogP contribution in [0.3, 0.4) is 0 Å². The van der Waals surface area contributed by atoms with E-state index in [0.717, 1.165) is 0 Å². The van der Waals surface area contributed by atoms with Crippen LogP contribution in [0, 0.1) is 12.3 Å². The number of nitrogens with zero attached hydrogens (tertiary/aromatic N) is 1. The fraction of sp³-hybridized carbons (Fsp3) is 0.583. The van der Waals surface area contributed by atoms with Gasteiger partial charge in [-0.3, -0.25) is 14.4 Å². The van der Waals surface area contributed by atoms with E-state index in [-0.39, 0.29) is 25.3 Å². The van der Waals surface area contributed by atoms with Crippen LogP contribution in [0.15, 0.2) is 0 Å². The zero-order valence-corrected chi connectivity index (χ0v) is 10.6. The monoisotopic (exact) mass is 267 g/mol. The first-order chi connectivity index (χ1) is 8.86. The summed E-state index contributed by atoms with van der Waals surface area (Å²) < 4.78 is 0. The molecule has 1 saturated heterocycles. The Kier molecular flexibility index (Phi) is 4.89. The maximum Gasteiger partial charge on any atom is 0.243 e. The molecule has 7 nitrogen and oxygen atoms in total. The third-order valence-electron chi connectivity index (χ3n) is 2.97. The second-order valence-electron chi connectivity index (χ2n) is 4.45. The molecule has 0 aromatic rings. The van der Waals surface area contributed by atoms with Crippen molar-refractivity contribution < 1.29 is 19.5 Å². The van der Waals surface area contributed by atoms with Crippen molar-refractivity contribution in [3.8, 4) is 12.3 Å². The number of nitrogens with one attached hydrogen (secondary N) is 1. The topological polar surface area (TPSA) is 113 Å². The van der Waals surface area contributed by atoms with Crippen LogP contribution in [0.5, 0.6) is 0 Å². The van der Waals surface area contributed by atoms with E-state index >= 15 is 0 Å². The Bertz CT molecular complexity index is 429. The lowest BCUT2D eigenvalue weighted by Crippen LogP contribution is -2.51. The number of carbonyl (C=O) groups is 3. The van der Waals surface area contributed by atoms with Gasteiger partial charge in [-0.2, -0.15) is 0 Å². The molecule has 104 valence electrons. The van der Waals surface area contributed by atoms with Crippen molar-refractivity contribution in [2.24, 2.45) is 5.73 Å². The van der Waals surface area contributed by atoms with Crippen molar-refractivity contribution in [2.45, 2.75) is 38.0 Å². The van der Waals surface area contributed by atoms with Crippen LogP contribution in [-0.4, -0.2) is 52.5 Å². The molecule has 7 heteroatoms. The first kappa shape index (κ1) is 15.0. The first-order valence-electron chi connectivity index (χ1n) is 5.85. The van der Waals surface area contributed by atoms with Gasteiger partial charge in [0.15, 0.2) is 0 Å². The van der Waals surface area contributed by atoms with E-state index in [2.05, 4.69) is 11.2 Å². The van der Waals surface area contributed by atoms with Gasteiger partial charge in [-0.25, -0.2) is 0 Å². The Hall–Kier alpha value is -2.07. The smallest absolute Gasteiger partial charge is 0.243 e. The molecule has 0 aliphatic carbocycles. The molecule has 0 unspecified atom stereocenters. The largest absolute Gasteiger partial charge is 0.391 e. The average Bonchev–Trinajstić information content (AvgIpc) is 2.70. The van der Waals surface area contributed by atoms with Crippen molar-refractivity contribution in [3.63, 3.8) is 0 Å². The van der Waals surface area contributed by atoms with Gasteiger partial charge < -0.3 is 21.1 Å². The molecule has 0 bridgehead atoms. The SMILES string of the molecule is C#CC[C@H](NC(=O)[C@@H]1C[C@@H](O)CN1C(C)=O)C(N)=O. The highest BCUT2D eigenvalue weighted by molar-refractivity contribution is 5.91. The molecular weight excluding hydrogens is 250 g/mol. The normalized spacial score (nSPS) is 23.5. The number of likely N-dealkylation sites (tertiary alicyclic amines) is 1. The Balaban J connectivity index is 2.73. The summed E-state index contributed by atoms with van der Waals surface area (Å²) in [6.45, 7) is 1.41. The highest BCUT2D eigenvalue weighted by Crippen LogP contribution is 2.18. The van der Waals surface area contributed by atoms with E-state index in [1.807, 2.05) is 0 Å². The van der Waals surface area contributed by atoms with Gasteiger partial charge in [-0.15, -0.1) is 12.3 Å². The van der Waals surface area contributed by atoms with E-state index in [9.17, 15) is 19.5 Å². The van der Waals surface area contributed by atoms with Gasteiger partial charge in [0, 0.05) is 26.3 Å². The summed E-state index contributed by atoms with van der Waals surface area (Å²) in [6.07, 6.45) is 4.44. The van der Waals surface area contributed by atoms with E-state index < -0.39 is 30.0 Å². The number of primary amides is 1. The Labute approximate surface area is 111 Å². The second-order valence-corrected chi connectivity index (χ2v) is 4.45. The van der Waals surface area contributed by atoms with Gasteiger partial charge in [0.25, 0.3) is 0 Å². The quantitative estimate of drug-likeness (QED) is 0.509. The number of hydrogen-bond donors (Lipinski definition) is 3. The van der Waals surface area contributed by atoms with Crippen molar-refractivity contribution >= 4 is 17.7 Å². The number of rotatable bonds is 4. The van der Waals surface area contributed by atoms with Gasteiger partial charge in [0.05, 0.1) is 6.10 Å². The van der Waals surface area contributed by atoms with Gasteiger partial charge >= 0.3 is 0 Å². The van der Waals surface area contributed by atoms with Crippen LogP contribution in [0.1, 0.15) is 19.8 Å². The number of nitrogens with two attached hydrogens (primary N) is 1. The fourth-order valence-electron chi connectivity index (χ4n) is 2.02. The molecule has 1 rings (SSSR count). The number of hydrogen-bond acceptors (Lipinski definition) is 4. The van der Waals surface area contributed by atoms with Crippen molar-refractivity contribution in [2.75, 3.05) is 6.54 Å². The number of aliphatic hydroxyl groups excluding tert-OH is 1. The van der Waals surface area contributed by atoms with Crippen LogP contribution < -0.4 is 11.1 Å². The Morgan fingerprint density at radius 3 is 2.68 bits per heavy atom. The number of carbonyl (C=O) groups excluding carboxylic acids is 3. The number of β-amino-alcohol motifs (C(OH)–C–C–N with tert-alkyl or cyclic N) is 1. The number of terminal acetylenes is 1. The Morgan fingerprint density at radius 1 is 1.58 bits per heavy atom. The zero-order chi connectivity index (χ0) is 14.6. The summed E-state index contributed by atoms with van der Waals surface area (Å²) in [4.78, 5) is 35.7. The summed E-state index contributed by atoms with van der Waals surface area (Å²) in [7, 11) is 0. The summed E-state index contributed by atoms with van der Waals surface area (Å²) in [5.74, 6) is 0.654. The molecule has 0 radical (unpaired) electrons. The summed E-state index contributed by atoms with van der Waals surface area (Å²) >= 11 is 0. The standard InChI is InChI=1S/C12H17N3O4/c1-3-4-9(11(13)18)14-12(19)10-5-8(17)6-15(10)7(2)16/h1,8-10,17H,4-6H2,2H3,(H2,13,18)(H,14,19)/t8-,9+,10+/m1/s1. The van der Waals surface area contributed by atoms with Crippen molar-refractivity contribution in [1.82, 2.24) is 10.2 Å². The van der Waals surface area contributed by atoms with E-state index in [0.29, 0.717) is 0 Å². The maximum absolute atomic E-state index is 12.0. The molecule has 0 saturated carbocycles. The van der Waals surface area contributed by atoms with Crippen LogP contribution >= 0.6 is 0 Å². The van der Waals surface area contributed by atoms with E-state index in [4.69, 9.17) is 12.2 Å². The summed E-state index contributed by atoms with van der Waals surface area (Å²) in [6, 6.07) is -1.77. The van der Waals surface area contributed by atoms with Crippen LogP contribution in [0.25, 0.3) is 0 Å². The first-order valence-corrected chi connectivity index (χ1v) is 5.85. The molecule has 19 heavy (non-hydrogen) atoms. The fourth-order valence-corrected chi connectivity index (χ4v) is 2.02. The summed E-state index contributed by atoms with van der Waals surface area (Å²) in [5.41, 5.74) is 5.11. The zero-order valence-electron chi connectivity index (χ0n) is 10.6. The minimum atomic E-state index is -0.968. The molecular formula is C12H17N3O4. The van der Waals surface area contributed by atoms with E-state index in [1.54, 1.807) is 0 Å². The van der Waals surface area contributed by atoms with Gasteiger partial charge in [0.2, 0.25) is 17.7 Å². The highest BCUT2D eigenvalue weighted by Gasteiger charge is 2.38. The predicted molar refractivity (Wildman–Crippen MR) is 66.4 cm³/mol. The third kappa shape index (κ3) is 3.69. The third-order valence-corrected chi connectivity index (χ3v) is 2.97. The molecule has 0 aromatic heterocycles. The van der Waals surface area contributed by atoms with Crippen LogP contribution in [-0.2, 0) is 14.4 Å². The maximum atomic E-state index is 12.0. The molecule has 1 aliphatic rings. The molecule has 3 amide bonds. The average molecular weight is 267 g/mol. The highest BCUT2D eigenvalue weighted by atomic mass is 16.3. The molecule has 1 heterocycles. The predicted octanol–water partition coefficient (Wildman–Crippen LogP) is -2.04. The molecule has 1 aliphatic heterocycles. The molecule has 0 spiro atoms. The van der Waals surface area contributed by atoms with E-state index in [1.165, 1.54) is 11.8 Å². The second kappa shape index (κ2) is 6.20. The molecule has 0 aromatic carbocycles. The van der Waals surface area contributed by atoms with Gasteiger partial charge in [-0.05, 0) is 0 Å². The lowest BCUT2D eigenvalue weighted by molar-refractivity contribution is -0.137.